The topological polar surface area (TPSA) is 75.9 Å². The summed E-state index contributed by atoms with van der Waals surface area (Å²) in [6.45, 7) is 4.53. The first-order valence-electron chi connectivity index (χ1n) is 11.7. The lowest BCUT2D eigenvalue weighted by Gasteiger charge is -2.36. The number of piperidine rings is 1. The smallest absolute Gasteiger partial charge is 0.268 e. The number of methoxy groups -OCH3 is 1. The van der Waals surface area contributed by atoms with Gasteiger partial charge >= 0.3 is 0 Å². The predicted molar refractivity (Wildman–Crippen MR) is 135 cm³/mol. The summed E-state index contributed by atoms with van der Waals surface area (Å²) in [7, 11) is -2.07. The number of benzene rings is 2. The van der Waals surface area contributed by atoms with E-state index < -0.39 is 10.0 Å². The molecular formula is C26H30N4O3S. The molecule has 3 aromatic rings. The lowest BCUT2D eigenvalue weighted by Crippen LogP contribution is -2.45. The molecule has 1 saturated heterocycles. The van der Waals surface area contributed by atoms with Gasteiger partial charge in [0.1, 0.15) is 6.67 Å². The van der Waals surface area contributed by atoms with Crippen LogP contribution < -0.4 is 5.32 Å². The van der Waals surface area contributed by atoms with E-state index in [2.05, 4.69) is 16.4 Å². The zero-order valence-electron chi connectivity index (χ0n) is 19.5. The first kappa shape index (κ1) is 22.8. The number of para-hydroxylation sites is 1. The number of ether oxygens (including phenoxy) is 1. The van der Waals surface area contributed by atoms with Gasteiger partial charge in [0.05, 0.1) is 22.2 Å². The van der Waals surface area contributed by atoms with Crippen LogP contribution in [0.1, 0.15) is 25.3 Å². The monoisotopic (exact) mass is 478 g/mol. The molecule has 8 heteroatoms. The van der Waals surface area contributed by atoms with E-state index >= 15 is 0 Å². The van der Waals surface area contributed by atoms with Gasteiger partial charge in [-0.15, -0.1) is 0 Å². The summed E-state index contributed by atoms with van der Waals surface area (Å²) in [6.07, 6.45) is 5.95. The molecule has 0 radical (unpaired) electrons. The first-order valence-corrected chi connectivity index (χ1v) is 13.1. The van der Waals surface area contributed by atoms with Gasteiger partial charge in [0.2, 0.25) is 0 Å². The largest absolute Gasteiger partial charge is 0.377 e. The number of nitrogens with zero attached hydrogens (tertiary/aromatic N) is 3. The van der Waals surface area contributed by atoms with E-state index in [-0.39, 0.29) is 11.0 Å². The fourth-order valence-electron chi connectivity index (χ4n) is 4.77. The fraction of sp³-hybridized carbons (Fsp3) is 0.346. The zero-order valence-corrected chi connectivity index (χ0v) is 20.3. The molecule has 0 spiro atoms. The Balaban J connectivity index is 1.61. The standard InChI is InChI=1S/C26H30N4O3S/c1-19(33-2)23-16-29(20-9-8-14-27-15-20)18-28-26(23)24-17-30(25-13-7-6-12-22(24)25)34(31,32)21-10-4-3-5-11-21/h3-7,10-13,16-17,19-20,27H,8-9,14-15,18H2,1-2H3/t19?,20-/m0/s1. The maximum Gasteiger partial charge on any atom is 0.268 e. The van der Waals surface area contributed by atoms with Crippen LogP contribution in [0.4, 0.5) is 0 Å². The van der Waals surface area contributed by atoms with Crippen LogP contribution in [0.15, 0.2) is 82.5 Å². The molecule has 3 heterocycles. The van der Waals surface area contributed by atoms with Crippen molar-refractivity contribution in [3.63, 3.8) is 0 Å². The normalized spacial score (nSPS) is 20.2. The molecule has 2 atom stereocenters. The van der Waals surface area contributed by atoms with Crippen molar-refractivity contribution in [2.75, 3.05) is 26.9 Å². The van der Waals surface area contributed by atoms with Crippen LogP contribution in [0.3, 0.4) is 0 Å². The Labute approximate surface area is 200 Å². The number of aromatic nitrogens is 1. The molecule has 1 fully saturated rings. The third-order valence-corrected chi connectivity index (χ3v) is 8.42. The maximum atomic E-state index is 13.5. The Morgan fingerprint density at radius 2 is 1.88 bits per heavy atom. The highest BCUT2D eigenvalue weighted by Crippen LogP contribution is 2.31. The fourth-order valence-corrected chi connectivity index (χ4v) is 6.16. The van der Waals surface area contributed by atoms with Crippen LogP contribution >= 0.6 is 0 Å². The second-order valence-corrected chi connectivity index (χ2v) is 10.6. The molecule has 7 nitrogen and oxygen atoms in total. The number of rotatable bonds is 6. The second kappa shape index (κ2) is 9.37. The third-order valence-electron chi connectivity index (χ3n) is 6.74. The van der Waals surface area contributed by atoms with Gasteiger partial charge in [-0.3, -0.25) is 4.99 Å². The van der Waals surface area contributed by atoms with Crippen LogP contribution in [0, 0.1) is 0 Å². The van der Waals surface area contributed by atoms with Gasteiger partial charge in [-0.2, -0.15) is 0 Å². The lowest BCUT2D eigenvalue weighted by molar-refractivity contribution is 0.146. The zero-order chi connectivity index (χ0) is 23.7. The highest BCUT2D eigenvalue weighted by Gasteiger charge is 2.29. The van der Waals surface area contributed by atoms with Gasteiger partial charge in [0, 0.05) is 48.6 Å². The van der Waals surface area contributed by atoms with Gasteiger partial charge in [-0.05, 0) is 44.5 Å². The highest BCUT2D eigenvalue weighted by atomic mass is 32.2. The Morgan fingerprint density at radius 1 is 1.12 bits per heavy atom. The average Bonchev–Trinajstić information content (AvgIpc) is 3.29. The van der Waals surface area contributed by atoms with Crippen molar-refractivity contribution in [1.82, 2.24) is 14.2 Å². The van der Waals surface area contributed by atoms with E-state index in [4.69, 9.17) is 9.73 Å². The van der Waals surface area contributed by atoms with E-state index in [1.165, 1.54) is 3.97 Å². The predicted octanol–water partition coefficient (Wildman–Crippen LogP) is 3.61. The number of nitrogens with one attached hydrogen (secondary N) is 1. The van der Waals surface area contributed by atoms with E-state index in [0.29, 0.717) is 18.2 Å². The lowest BCUT2D eigenvalue weighted by atomic mass is 9.96. The summed E-state index contributed by atoms with van der Waals surface area (Å²) in [5.74, 6) is 0. The Kier molecular flexibility index (Phi) is 6.29. The minimum absolute atomic E-state index is 0.189. The molecule has 1 N–H and O–H groups in total. The van der Waals surface area contributed by atoms with Crippen molar-refractivity contribution in [1.29, 1.82) is 0 Å². The Bertz CT molecular complexity index is 1340. The van der Waals surface area contributed by atoms with E-state index in [0.717, 1.165) is 48.2 Å². The number of aliphatic imine (C=N–C) groups is 1. The van der Waals surface area contributed by atoms with Crippen LogP contribution in [0.5, 0.6) is 0 Å². The van der Waals surface area contributed by atoms with Gasteiger partial charge in [-0.25, -0.2) is 12.4 Å². The molecule has 0 saturated carbocycles. The Hall–Kier alpha value is -2.94. The van der Waals surface area contributed by atoms with Crippen molar-refractivity contribution in [3.05, 3.63) is 78.1 Å². The molecule has 0 bridgehead atoms. The molecule has 5 rings (SSSR count). The van der Waals surface area contributed by atoms with Crippen molar-refractivity contribution < 1.29 is 13.2 Å². The summed E-state index contributed by atoms with van der Waals surface area (Å²) in [4.78, 5) is 7.52. The Morgan fingerprint density at radius 3 is 2.62 bits per heavy atom. The van der Waals surface area contributed by atoms with E-state index in [9.17, 15) is 8.42 Å². The minimum Gasteiger partial charge on any atom is -0.377 e. The number of fused-ring (bicyclic) bond motifs is 1. The summed E-state index contributed by atoms with van der Waals surface area (Å²) >= 11 is 0. The molecule has 1 unspecified atom stereocenters. The van der Waals surface area contributed by atoms with Crippen molar-refractivity contribution in [2.24, 2.45) is 4.99 Å². The molecule has 1 aromatic heterocycles. The van der Waals surface area contributed by atoms with Gasteiger partial charge in [0.15, 0.2) is 0 Å². The van der Waals surface area contributed by atoms with Crippen LogP contribution in [0.25, 0.3) is 10.9 Å². The summed E-state index contributed by atoms with van der Waals surface area (Å²) in [5.41, 5.74) is 3.17. The van der Waals surface area contributed by atoms with Gasteiger partial charge in [-0.1, -0.05) is 36.4 Å². The second-order valence-electron chi connectivity index (χ2n) is 8.80. The SMILES string of the molecule is COC(C)C1=CN([C@H]2CCCNC2)CN=C1c1cn(S(=O)(=O)c2ccccc2)c2ccccc12. The summed E-state index contributed by atoms with van der Waals surface area (Å²) < 4.78 is 34.2. The van der Waals surface area contributed by atoms with Gasteiger partial charge < -0.3 is 15.0 Å². The summed E-state index contributed by atoms with van der Waals surface area (Å²) in [5, 5.41) is 4.32. The summed E-state index contributed by atoms with van der Waals surface area (Å²) in [6, 6.07) is 16.5. The van der Waals surface area contributed by atoms with Crippen LogP contribution in [-0.4, -0.2) is 62.0 Å². The van der Waals surface area contributed by atoms with Crippen molar-refractivity contribution >= 4 is 26.6 Å². The molecule has 2 aliphatic heterocycles. The molecule has 2 aromatic carbocycles. The average molecular weight is 479 g/mol. The molecule has 2 aliphatic rings. The number of hydrogen-bond acceptors (Lipinski definition) is 6. The molecule has 0 amide bonds. The van der Waals surface area contributed by atoms with Crippen LogP contribution in [-0.2, 0) is 14.8 Å². The van der Waals surface area contributed by atoms with Crippen LogP contribution in [0.2, 0.25) is 0 Å². The number of hydrogen-bond donors (Lipinski definition) is 1. The third kappa shape index (κ3) is 4.06. The van der Waals surface area contributed by atoms with Gasteiger partial charge in [0.25, 0.3) is 10.0 Å². The molecule has 0 aliphatic carbocycles. The molecule has 34 heavy (non-hydrogen) atoms. The van der Waals surface area contributed by atoms with Crippen molar-refractivity contribution in [3.8, 4) is 0 Å². The van der Waals surface area contributed by atoms with Crippen molar-refractivity contribution in [2.45, 2.75) is 36.8 Å². The maximum absolute atomic E-state index is 13.5. The highest BCUT2D eigenvalue weighted by molar-refractivity contribution is 7.90. The first-order chi connectivity index (χ1) is 16.5. The minimum atomic E-state index is -3.76. The molecular weight excluding hydrogens is 448 g/mol. The van der Waals surface area contributed by atoms with E-state index in [1.54, 1.807) is 37.6 Å². The molecule has 178 valence electrons. The quantitative estimate of drug-likeness (QED) is 0.586. The van der Waals surface area contributed by atoms with E-state index in [1.807, 2.05) is 37.3 Å².